The molecule has 1 fully saturated rings. The molecule has 2 heterocycles. The first-order valence-electron chi connectivity index (χ1n) is 7.43. The van der Waals surface area contributed by atoms with Crippen LogP contribution in [0.5, 0.6) is 0 Å². The molecular formula is C13H21N6O4P. The van der Waals surface area contributed by atoms with Gasteiger partial charge in [0.15, 0.2) is 14.2 Å². The van der Waals surface area contributed by atoms with E-state index in [0.717, 1.165) is 12.8 Å². The van der Waals surface area contributed by atoms with Crippen molar-refractivity contribution >= 4 is 32.5 Å². The van der Waals surface area contributed by atoms with E-state index in [4.69, 9.17) is 15.5 Å². The Balaban J connectivity index is 2.18. The first-order chi connectivity index (χ1) is 11.4. The minimum atomic E-state index is -2.24. The fourth-order valence-corrected chi connectivity index (χ4v) is 3.13. The molecule has 0 aliphatic carbocycles. The van der Waals surface area contributed by atoms with Crippen LogP contribution in [0, 0.1) is 6.92 Å². The summed E-state index contributed by atoms with van der Waals surface area (Å²) >= 11 is 0. The lowest BCUT2D eigenvalue weighted by Crippen LogP contribution is -2.41. The van der Waals surface area contributed by atoms with Gasteiger partial charge in [0.1, 0.15) is 0 Å². The maximum Gasteiger partial charge on any atom is 0.231 e. The van der Waals surface area contributed by atoms with Crippen molar-refractivity contribution in [3.05, 3.63) is 12.0 Å². The van der Waals surface area contributed by atoms with E-state index in [1.165, 1.54) is 0 Å². The number of carbonyl (C=O) groups excluding carboxylic acids is 2. The third kappa shape index (κ3) is 4.50. The maximum absolute atomic E-state index is 12.0. The van der Waals surface area contributed by atoms with Gasteiger partial charge in [0.2, 0.25) is 18.3 Å². The van der Waals surface area contributed by atoms with Crippen molar-refractivity contribution in [3.8, 4) is 0 Å². The zero-order chi connectivity index (χ0) is 17.7. The van der Waals surface area contributed by atoms with Crippen molar-refractivity contribution in [2.24, 2.45) is 10.7 Å². The number of nitrogens with one attached hydrogen (secondary N) is 1. The molecule has 24 heavy (non-hydrogen) atoms. The van der Waals surface area contributed by atoms with E-state index >= 15 is 0 Å². The standard InChI is InChI=1S/C13H21N6O4P/c1-9-12(17-13(14)16-8-20)19(7-15-9)10-3-2-4-18(5-10)11(21)6-24(22)23/h7-8,10,22-23H,2-6H2,1H3,(H3,14,16,17,20). The molecule has 1 aromatic heterocycles. The van der Waals surface area contributed by atoms with Gasteiger partial charge in [-0.15, -0.1) is 0 Å². The predicted molar refractivity (Wildman–Crippen MR) is 88.5 cm³/mol. The van der Waals surface area contributed by atoms with Crippen LogP contribution >= 0.6 is 8.38 Å². The van der Waals surface area contributed by atoms with E-state index in [1.807, 2.05) is 4.57 Å². The molecule has 0 saturated carbocycles. The molecule has 1 saturated heterocycles. The van der Waals surface area contributed by atoms with E-state index in [1.54, 1.807) is 18.2 Å². The van der Waals surface area contributed by atoms with Crippen LogP contribution in [0.15, 0.2) is 11.3 Å². The molecule has 0 radical (unpaired) electrons. The number of rotatable bonds is 5. The minimum absolute atomic E-state index is 0.0372. The van der Waals surface area contributed by atoms with Crippen molar-refractivity contribution in [1.82, 2.24) is 19.8 Å². The number of piperidine rings is 1. The molecular weight excluding hydrogens is 335 g/mol. The second kappa shape index (κ2) is 8.18. The largest absolute Gasteiger partial charge is 0.369 e. The Kier molecular flexibility index (Phi) is 6.24. The Hall–Kier alpha value is -2.03. The Morgan fingerprint density at radius 2 is 2.38 bits per heavy atom. The summed E-state index contributed by atoms with van der Waals surface area (Å²) in [6.45, 7) is 2.79. The zero-order valence-electron chi connectivity index (χ0n) is 13.3. The maximum atomic E-state index is 12.0. The fourth-order valence-electron chi connectivity index (χ4n) is 2.69. The summed E-state index contributed by atoms with van der Waals surface area (Å²) in [4.78, 5) is 50.5. The molecule has 1 aliphatic heterocycles. The van der Waals surface area contributed by atoms with Crippen LogP contribution in [0.4, 0.5) is 5.82 Å². The van der Waals surface area contributed by atoms with Gasteiger partial charge in [0.05, 0.1) is 24.2 Å². The lowest BCUT2D eigenvalue weighted by molar-refractivity contribution is -0.130. The van der Waals surface area contributed by atoms with E-state index < -0.39 is 8.38 Å². The summed E-state index contributed by atoms with van der Waals surface area (Å²) in [5.41, 5.74) is 6.28. The molecule has 2 rings (SSSR count). The van der Waals surface area contributed by atoms with Gasteiger partial charge in [-0.3, -0.25) is 14.9 Å². The predicted octanol–water partition coefficient (Wildman–Crippen LogP) is -0.656. The number of imidazole rings is 1. The molecule has 10 nitrogen and oxygen atoms in total. The van der Waals surface area contributed by atoms with Crippen LogP contribution in [0.1, 0.15) is 24.6 Å². The van der Waals surface area contributed by atoms with E-state index in [-0.39, 0.29) is 24.1 Å². The van der Waals surface area contributed by atoms with Crippen LogP contribution in [-0.2, 0) is 9.59 Å². The number of aliphatic imine (C=N–C) groups is 1. The van der Waals surface area contributed by atoms with Gasteiger partial charge in [0, 0.05) is 13.1 Å². The molecule has 0 spiro atoms. The highest BCUT2D eigenvalue weighted by Gasteiger charge is 2.27. The molecule has 11 heteroatoms. The van der Waals surface area contributed by atoms with E-state index in [2.05, 4.69) is 15.3 Å². The van der Waals surface area contributed by atoms with Crippen LogP contribution < -0.4 is 11.1 Å². The molecule has 5 N–H and O–H groups in total. The van der Waals surface area contributed by atoms with Crippen LogP contribution in [0.3, 0.4) is 0 Å². The van der Waals surface area contributed by atoms with Gasteiger partial charge in [-0.2, -0.15) is 4.99 Å². The number of amides is 2. The number of guanidine groups is 1. The van der Waals surface area contributed by atoms with Crippen LogP contribution in [-0.4, -0.2) is 61.8 Å². The van der Waals surface area contributed by atoms with Crippen LogP contribution in [0.25, 0.3) is 0 Å². The molecule has 0 bridgehead atoms. The number of hydrogen-bond donors (Lipinski definition) is 4. The van der Waals surface area contributed by atoms with E-state index in [0.29, 0.717) is 31.0 Å². The summed E-state index contributed by atoms with van der Waals surface area (Å²) < 4.78 is 1.83. The minimum Gasteiger partial charge on any atom is -0.369 e. The first kappa shape index (κ1) is 18.3. The highest BCUT2D eigenvalue weighted by atomic mass is 31.2. The zero-order valence-corrected chi connectivity index (χ0v) is 14.2. The molecule has 0 aromatic carbocycles. The van der Waals surface area contributed by atoms with Crippen molar-refractivity contribution in [2.45, 2.75) is 25.8 Å². The number of nitrogens with two attached hydrogens (primary N) is 1. The van der Waals surface area contributed by atoms with Gasteiger partial charge >= 0.3 is 0 Å². The lowest BCUT2D eigenvalue weighted by atomic mass is 10.1. The van der Waals surface area contributed by atoms with Gasteiger partial charge < -0.3 is 25.0 Å². The smallest absolute Gasteiger partial charge is 0.231 e. The Morgan fingerprint density at radius 3 is 3.04 bits per heavy atom. The molecule has 132 valence electrons. The third-order valence-electron chi connectivity index (χ3n) is 3.80. The number of likely N-dealkylation sites (tertiary alicyclic amines) is 1. The topological polar surface area (TPSA) is 146 Å². The third-order valence-corrected chi connectivity index (χ3v) is 4.35. The molecule has 1 unspecified atom stereocenters. The Morgan fingerprint density at radius 1 is 1.62 bits per heavy atom. The van der Waals surface area contributed by atoms with Gasteiger partial charge in [0.25, 0.3) is 0 Å². The fraction of sp³-hybridized carbons (Fsp3) is 0.538. The first-order valence-corrected chi connectivity index (χ1v) is 8.86. The number of nitrogens with zero attached hydrogens (tertiary/aromatic N) is 4. The summed E-state index contributed by atoms with van der Waals surface area (Å²) in [6, 6.07) is -0.0460. The van der Waals surface area contributed by atoms with E-state index in [9.17, 15) is 9.59 Å². The van der Waals surface area contributed by atoms with Crippen molar-refractivity contribution < 1.29 is 19.4 Å². The number of hydrogen-bond acceptors (Lipinski definition) is 6. The molecule has 1 atom stereocenters. The second-order valence-corrected chi connectivity index (χ2v) is 6.55. The summed E-state index contributed by atoms with van der Waals surface area (Å²) in [7, 11) is -2.24. The van der Waals surface area contributed by atoms with Gasteiger partial charge in [-0.05, 0) is 19.8 Å². The number of carbonyl (C=O) groups is 2. The molecule has 2 amide bonds. The summed E-state index contributed by atoms with van der Waals surface area (Å²) in [5.74, 6) is 0.206. The lowest BCUT2D eigenvalue weighted by Gasteiger charge is -2.34. The quantitative estimate of drug-likeness (QED) is 0.238. The van der Waals surface area contributed by atoms with Gasteiger partial charge in [-0.1, -0.05) is 0 Å². The van der Waals surface area contributed by atoms with Crippen LogP contribution in [0.2, 0.25) is 0 Å². The molecule has 1 aromatic rings. The highest BCUT2D eigenvalue weighted by molar-refractivity contribution is 7.46. The SMILES string of the molecule is Cc1ncn(C2CCCN(C(=O)CP(O)O)C2)c1/N=C(/N)NC=O. The highest BCUT2D eigenvalue weighted by Crippen LogP contribution is 2.30. The Bertz CT molecular complexity index is 632. The monoisotopic (exact) mass is 356 g/mol. The van der Waals surface area contributed by atoms with Crippen molar-refractivity contribution in [1.29, 1.82) is 0 Å². The molecule has 1 aliphatic rings. The summed E-state index contributed by atoms with van der Waals surface area (Å²) in [5, 5.41) is 2.28. The van der Waals surface area contributed by atoms with Crippen molar-refractivity contribution in [2.75, 3.05) is 19.3 Å². The number of aromatic nitrogens is 2. The second-order valence-electron chi connectivity index (χ2n) is 5.49. The normalized spacial score (nSPS) is 18.8. The summed E-state index contributed by atoms with van der Waals surface area (Å²) in [6.07, 6.45) is 3.43. The van der Waals surface area contributed by atoms with Crippen molar-refractivity contribution in [3.63, 3.8) is 0 Å². The average molecular weight is 356 g/mol. The van der Waals surface area contributed by atoms with Gasteiger partial charge in [-0.25, -0.2) is 4.98 Å². The Labute approximate surface area is 140 Å². The average Bonchev–Trinajstić information content (AvgIpc) is 2.88. The number of aryl methyl sites for hydroxylation is 1.